The van der Waals surface area contributed by atoms with Crippen molar-refractivity contribution in [1.29, 1.82) is 0 Å². The van der Waals surface area contributed by atoms with E-state index in [4.69, 9.17) is 11.6 Å². The molecule has 96 valence electrons. The minimum Gasteiger partial charge on any atom is -0.365 e. The first kappa shape index (κ1) is 13.3. The van der Waals surface area contributed by atoms with Crippen LogP contribution in [0.15, 0.2) is 29.6 Å². The average Bonchev–Trinajstić information content (AvgIpc) is 2.83. The molecule has 1 aromatic carbocycles. The Labute approximate surface area is 115 Å². The molecule has 1 heterocycles. The normalized spacial score (nSPS) is 10.6. The highest BCUT2D eigenvalue weighted by atomic mass is 35.5. The second kappa shape index (κ2) is 6.16. The summed E-state index contributed by atoms with van der Waals surface area (Å²) in [6.07, 6.45) is 0. The quantitative estimate of drug-likeness (QED) is 0.770. The monoisotopic (exact) mass is 284 g/mol. The molecular weight excluding hydrogens is 271 g/mol. The Balaban J connectivity index is 2.14. The van der Waals surface area contributed by atoms with Crippen molar-refractivity contribution in [2.45, 2.75) is 19.3 Å². The van der Waals surface area contributed by atoms with Crippen molar-refractivity contribution >= 4 is 28.6 Å². The molecular formula is C13H14ClFN2S. The highest BCUT2D eigenvalue weighted by molar-refractivity contribution is 7.09. The largest absolute Gasteiger partial charge is 0.365 e. The molecule has 2 rings (SSSR count). The second-order valence-corrected chi connectivity index (χ2v) is 5.07. The van der Waals surface area contributed by atoms with Crippen molar-refractivity contribution in [3.05, 3.63) is 46.2 Å². The number of halogens is 2. The summed E-state index contributed by atoms with van der Waals surface area (Å²) in [5.41, 5.74) is 1.77. The molecule has 2 aromatic rings. The highest BCUT2D eigenvalue weighted by Crippen LogP contribution is 2.20. The predicted octanol–water partition coefficient (Wildman–Crippen LogP) is 4.05. The molecule has 0 saturated carbocycles. The third-order valence-corrected chi connectivity index (χ3v) is 3.77. The molecule has 0 bridgehead atoms. The van der Waals surface area contributed by atoms with E-state index >= 15 is 0 Å². The zero-order valence-corrected chi connectivity index (χ0v) is 11.6. The van der Waals surface area contributed by atoms with Gasteiger partial charge in [-0.2, -0.15) is 0 Å². The van der Waals surface area contributed by atoms with Crippen LogP contribution >= 0.6 is 22.9 Å². The maximum absolute atomic E-state index is 13.2. The molecule has 0 aliphatic rings. The molecule has 1 aromatic heterocycles. The Hall–Kier alpha value is -1.13. The van der Waals surface area contributed by atoms with Gasteiger partial charge in [0.2, 0.25) is 0 Å². The van der Waals surface area contributed by atoms with Gasteiger partial charge in [0.05, 0.1) is 18.1 Å². The van der Waals surface area contributed by atoms with E-state index < -0.39 is 0 Å². The number of thiazole rings is 1. The number of benzene rings is 1. The molecule has 0 aliphatic heterocycles. The Morgan fingerprint density at radius 1 is 1.44 bits per heavy atom. The number of anilines is 1. The third-order valence-electron chi connectivity index (χ3n) is 2.62. The number of aromatic nitrogens is 1. The van der Waals surface area contributed by atoms with E-state index in [-0.39, 0.29) is 5.82 Å². The number of hydrogen-bond acceptors (Lipinski definition) is 3. The van der Waals surface area contributed by atoms with Crippen LogP contribution in [0.3, 0.4) is 0 Å². The smallest absolute Gasteiger partial charge is 0.125 e. The fraction of sp³-hybridized carbons (Fsp3) is 0.308. The van der Waals surface area contributed by atoms with E-state index in [0.717, 1.165) is 22.9 Å². The third kappa shape index (κ3) is 3.21. The standard InChI is InChI=1S/C13H14ClFN2S/c1-2-17(12-5-3-4-10(15)6-12)8-13-16-11(7-14)9-18-13/h3-6,9H,2,7-8H2,1H3. The van der Waals surface area contributed by atoms with Crippen LogP contribution in [0.4, 0.5) is 10.1 Å². The summed E-state index contributed by atoms with van der Waals surface area (Å²) in [6, 6.07) is 6.62. The maximum atomic E-state index is 13.2. The summed E-state index contributed by atoms with van der Waals surface area (Å²) in [5, 5.41) is 2.96. The van der Waals surface area contributed by atoms with Gasteiger partial charge in [-0.3, -0.25) is 0 Å². The van der Waals surface area contributed by atoms with Crippen molar-refractivity contribution < 1.29 is 4.39 Å². The molecule has 0 spiro atoms. The van der Waals surface area contributed by atoms with E-state index in [9.17, 15) is 4.39 Å². The summed E-state index contributed by atoms with van der Waals surface area (Å²) < 4.78 is 13.2. The second-order valence-electron chi connectivity index (χ2n) is 3.86. The van der Waals surface area contributed by atoms with Gasteiger partial charge in [-0.05, 0) is 25.1 Å². The van der Waals surface area contributed by atoms with Crippen LogP contribution in [0.5, 0.6) is 0 Å². The van der Waals surface area contributed by atoms with E-state index in [1.807, 2.05) is 18.4 Å². The molecule has 0 amide bonds. The van der Waals surface area contributed by atoms with Crippen LogP contribution in [-0.4, -0.2) is 11.5 Å². The topological polar surface area (TPSA) is 16.1 Å². The van der Waals surface area contributed by atoms with Gasteiger partial charge in [-0.1, -0.05) is 6.07 Å². The van der Waals surface area contributed by atoms with Crippen LogP contribution in [0.25, 0.3) is 0 Å². The Kier molecular flexibility index (Phi) is 4.55. The fourth-order valence-corrected chi connectivity index (χ4v) is 2.74. The first-order chi connectivity index (χ1) is 8.72. The van der Waals surface area contributed by atoms with Gasteiger partial charge in [0.15, 0.2) is 0 Å². The van der Waals surface area contributed by atoms with Crippen molar-refractivity contribution in [3.63, 3.8) is 0 Å². The van der Waals surface area contributed by atoms with E-state index in [2.05, 4.69) is 9.88 Å². The number of alkyl halides is 1. The van der Waals surface area contributed by atoms with Crippen molar-refractivity contribution in [3.8, 4) is 0 Å². The van der Waals surface area contributed by atoms with Gasteiger partial charge in [0, 0.05) is 17.6 Å². The summed E-state index contributed by atoms with van der Waals surface area (Å²) >= 11 is 7.32. The minimum absolute atomic E-state index is 0.216. The summed E-state index contributed by atoms with van der Waals surface area (Å²) in [7, 11) is 0. The molecule has 0 aliphatic carbocycles. The molecule has 5 heteroatoms. The maximum Gasteiger partial charge on any atom is 0.125 e. The van der Waals surface area contributed by atoms with Crippen molar-refractivity contribution in [2.75, 3.05) is 11.4 Å². The van der Waals surface area contributed by atoms with Gasteiger partial charge in [0.25, 0.3) is 0 Å². The minimum atomic E-state index is -0.216. The van der Waals surface area contributed by atoms with Gasteiger partial charge >= 0.3 is 0 Å². The molecule has 0 saturated heterocycles. The van der Waals surface area contributed by atoms with Crippen LogP contribution in [0.2, 0.25) is 0 Å². The predicted molar refractivity (Wildman–Crippen MR) is 74.8 cm³/mol. The Bertz CT molecular complexity index is 515. The molecule has 0 atom stereocenters. The van der Waals surface area contributed by atoms with Crippen LogP contribution in [0.1, 0.15) is 17.6 Å². The lowest BCUT2D eigenvalue weighted by atomic mass is 10.3. The Morgan fingerprint density at radius 3 is 2.89 bits per heavy atom. The average molecular weight is 285 g/mol. The fourth-order valence-electron chi connectivity index (χ4n) is 1.70. The summed E-state index contributed by atoms with van der Waals surface area (Å²) in [5.74, 6) is 0.217. The number of hydrogen-bond donors (Lipinski definition) is 0. The van der Waals surface area contributed by atoms with E-state index in [1.165, 1.54) is 6.07 Å². The van der Waals surface area contributed by atoms with E-state index in [0.29, 0.717) is 12.4 Å². The highest BCUT2D eigenvalue weighted by Gasteiger charge is 2.09. The lowest BCUT2D eigenvalue weighted by Gasteiger charge is -2.21. The Morgan fingerprint density at radius 2 is 2.28 bits per heavy atom. The van der Waals surface area contributed by atoms with Crippen LogP contribution in [0, 0.1) is 5.82 Å². The van der Waals surface area contributed by atoms with E-state index in [1.54, 1.807) is 23.5 Å². The van der Waals surface area contributed by atoms with Gasteiger partial charge in [0.1, 0.15) is 10.8 Å². The van der Waals surface area contributed by atoms with Crippen molar-refractivity contribution in [2.24, 2.45) is 0 Å². The van der Waals surface area contributed by atoms with Crippen LogP contribution in [-0.2, 0) is 12.4 Å². The number of rotatable bonds is 5. The molecule has 0 N–H and O–H groups in total. The van der Waals surface area contributed by atoms with Gasteiger partial charge < -0.3 is 4.90 Å². The van der Waals surface area contributed by atoms with Crippen LogP contribution < -0.4 is 4.90 Å². The summed E-state index contributed by atoms with van der Waals surface area (Å²) in [4.78, 5) is 6.50. The first-order valence-corrected chi connectivity index (χ1v) is 7.14. The molecule has 0 radical (unpaired) electrons. The van der Waals surface area contributed by atoms with Crippen molar-refractivity contribution in [1.82, 2.24) is 4.98 Å². The van der Waals surface area contributed by atoms with Gasteiger partial charge in [-0.25, -0.2) is 9.37 Å². The lowest BCUT2D eigenvalue weighted by molar-refractivity contribution is 0.626. The molecule has 0 unspecified atom stereocenters. The lowest BCUT2D eigenvalue weighted by Crippen LogP contribution is -2.21. The van der Waals surface area contributed by atoms with Gasteiger partial charge in [-0.15, -0.1) is 22.9 Å². The molecule has 2 nitrogen and oxygen atoms in total. The first-order valence-electron chi connectivity index (χ1n) is 5.72. The number of nitrogens with zero attached hydrogens (tertiary/aromatic N) is 2. The molecule has 18 heavy (non-hydrogen) atoms. The zero-order chi connectivity index (χ0) is 13.0. The SMILES string of the molecule is CCN(Cc1nc(CCl)cs1)c1cccc(F)c1. The summed E-state index contributed by atoms with van der Waals surface area (Å²) in [6.45, 7) is 3.53. The molecule has 0 fully saturated rings. The zero-order valence-electron chi connectivity index (χ0n) is 10.1.